The zero-order chi connectivity index (χ0) is 4.41. The molecule has 6 heavy (non-hydrogen) atoms. The van der Waals surface area contributed by atoms with Crippen LogP contribution in [-0.4, -0.2) is 29.9 Å². The molecule has 0 saturated carbocycles. The van der Waals surface area contributed by atoms with E-state index in [1.54, 1.807) is 0 Å². The van der Waals surface area contributed by atoms with Gasteiger partial charge in [0, 0.05) is 0 Å². The molecule has 0 saturated heterocycles. The molecule has 0 aromatic heterocycles. The van der Waals surface area contributed by atoms with Gasteiger partial charge in [-0.05, 0) is 0 Å². The molecule has 0 radical (unpaired) electrons. The predicted molar refractivity (Wildman–Crippen MR) is 29.8 cm³/mol. The Bertz CT molecular complexity index is 83.7. The Hall–Kier alpha value is 0.519. The average molecular weight is 210 g/mol. The van der Waals surface area contributed by atoms with Crippen LogP contribution in [0.25, 0.3) is 0 Å². The Labute approximate surface area is 50.0 Å². The third kappa shape index (κ3) is 0.990. The van der Waals surface area contributed by atoms with Crippen LogP contribution in [0, 0.1) is 0 Å². The van der Waals surface area contributed by atoms with Crippen LogP contribution in [0.15, 0.2) is 19.9 Å². The fourth-order valence-electron chi connectivity index (χ4n) is 0.235. The van der Waals surface area contributed by atoms with Crippen LogP contribution in [0.5, 0.6) is 0 Å². The van der Waals surface area contributed by atoms with E-state index in [4.69, 9.17) is 0 Å². The maximum atomic E-state index is 3.85. The topological polar surface area (TPSA) is 0 Å². The van der Waals surface area contributed by atoms with Gasteiger partial charge in [0.1, 0.15) is 0 Å². The third-order valence-corrected chi connectivity index (χ3v) is 5.67. The van der Waals surface area contributed by atoms with E-state index < -0.39 is 0 Å². The van der Waals surface area contributed by atoms with Gasteiger partial charge in [-0.25, -0.2) is 0 Å². The van der Waals surface area contributed by atoms with Crippen molar-refractivity contribution in [1.29, 1.82) is 0 Å². The summed E-state index contributed by atoms with van der Waals surface area (Å²) in [5, 5.41) is 0. The van der Waals surface area contributed by atoms with E-state index in [0.29, 0.717) is 29.9 Å². The van der Waals surface area contributed by atoms with Gasteiger partial charge in [0.25, 0.3) is 0 Å². The van der Waals surface area contributed by atoms with Crippen molar-refractivity contribution in [1.82, 2.24) is 0 Å². The van der Waals surface area contributed by atoms with Crippen molar-refractivity contribution in [3.8, 4) is 0 Å². The second kappa shape index (κ2) is 1.99. The minimum atomic E-state index is 0.681. The molecule has 32 valence electrons. The van der Waals surface area contributed by atoms with Crippen LogP contribution in [0.2, 0.25) is 0 Å². The first kappa shape index (κ1) is 4.67. The average Bonchev–Trinajstić information content (AvgIpc) is 1.86. The zero-order valence-corrected chi connectivity index (χ0v) is 6.60. The summed E-state index contributed by atoms with van der Waals surface area (Å²) in [6.07, 6.45) is 0. The first-order chi connectivity index (χ1) is 2.89. The van der Waals surface area contributed by atoms with Gasteiger partial charge in [-0.1, -0.05) is 0 Å². The first-order valence-electron chi connectivity index (χ1n) is 1.57. The predicted octanol–water partition coefficient (Wildman–Crippen LogP) is 0.351. The first-order valence-corrected chi connectivity index (χ1v) is 5.26. The molecule has 1 aliphatic heterocycles. The molecule has 0 unspecified atom stereocenters. The Morgan fingerprint density at radius 3 is 2.00 bits per heavy atom. The molecule has 0 aliphatic carbocycles. The number of rotatable bonds is 0. The summed E-state index contributed by atoms with van der Waals surface area (Å²) in [4.78, 5) is 4.49. The van der Waals surface area contributed by atoms with Crippen molar-refractivity contribution < 1.29 is 0 Å². The summed E-state index contributed by atoms with van der Waals surface area (Å²) < 4.78 is 1.47. The van der Waals surface area contributed by atoms with Crippen LogP contribution in [0.3, 0.4) is 0 Å². The Balaban J connectivity index is 2.52. The van der Waals surface area contributed by atoms with Crippen molar-refractivity contribution in [3.63, 3.8) is 0 Å². The van der Waals surface area contributed by atoms with Gasteiger partial charge in [-0.2, -0.15) is 0 Å². The van der Waals surface area contributed by atoms with E-state index >= 15 is 0 Å². The molecule has 0 spiro atoms. The van der Waals surface area contributed by atoms with E-state index in [1.807, 2.05) is 0 Å². The third-order valence-electron chi connectivity index (χ3n) is 0.455. The summed E-state index contributed by atoms with van der Waals surface area (Å²) in [5.74, 6) is 0. The molecule has 0 amide bonds. The van der Waals surface area contributed by atoms with Gasteiger partial charge < -0.3 is 0 Å². The van der Waals surface area contributed by atoms with E-state index in [-0.39, 0.29) is 0 Å². The molecule has 2 heteroatoms. The molecule has 0 aromatic carbocycles. The summed E-state index contributed by atoms with van der Waals surface area (Å²) in [5.41, 5.74) is 0. The van der Waals surface area contributed by atoms with Crippen molar-refractivity contribution >= 4 is 29.9 Å². The van der Waals surface area contributed by atoms with Crippen molar-refractivity contribution in [2.45, 2.75) is 0 Å². The van der Waals surface area contributed by atoms with Gasteiger partial charge in [0.2, 0.25) is 0 Å². The van der Waals surface area contributed by atoms with Gasteiger partial charge in [-0.15, -0.1) is 0 Å². The Kier molecular flexibility index (Phi) is 1.55. The standard InChI is InChI=1S/C4H4Se2/c1-4-5-2-3-6-4/h2-3H,1H2. The van der Waals surface area contributed by atoms with Crippen LogP contribution in [0.1, 0.15) is 0 Å². The summed E-state index contributed by atoms with van der Waals surface area (Å²) in [7, 11) is 0. The Morgan fingerprint density at radius 1 is 1.33 bits per heavy atom. The quantitative estimate of drug-likeness (QED) is 0.506. The molecule has 0 bridgehead atoms. The summed E-state index contributed by atoms with van der Waals surface area (Å²) in [6, 6.07) is 0. The second-order valence-electron chi connectivity index (χ2n) is 0.880. The molecule has 1 heterocycles. The van der Waals surface area contributed by atoms with E-state index in [0.717, 1.165) is 0 Å². The van der Waals surface area contributed by atoms with Crippen molar-refractivity contribution in [3.05, 3.63) is 19.9 Å². The fraction of sp³-hybridized carbons (Fsp3) is 0. The molecule has 0 fully saturated rings. The molecule has 0 aromatic rings. The van der Waals surface area contributed by atoms with Gasteiger partial charge in [0.05, 0.1) is 0 Å². The molecular formula is C4H4Se2. The van der Waals surface area contributed by atoms with E-state index in [2.05, 4.69) is 16.5 Å². The van der Waals surface area contributed by atoms with Crippen LogP contribution < -0.4 is 0 Å². The molecule has 1 rings (SSSR count). The summed E-state index contributed by atoms with van der Waals surface area (Å²) in [6.45, 7) is 3.85. The normalized spacial score (nSPS) is 19.7. The molecule has 1 aliphatic rings. The van der Waals surface area contributed by atoms with Crippen LogP contribution in [-0.2, 0) is 0 Å². The monoisotopic (exact) mass is 212 g/mol. The number of hydrogen-bond acceptors (Lipinski definition) is 0. The van der Waals surface area contributed by atoms with Crippen molar-refractivity contribution in [2.24, 2.45) is 0 Å². The fourth-order valence-corrected chi connectivity index (χ4v) is 4.25. The van der Waals surface area contributed by atoms with Crippen LogP contribution >= 0.6 is 0 Å². The summed E-state index contributed by atoms with van der Waals surface area (Å²) >= 11 is 1.36. The van der Waals surface area contributed by atoms with E-state index in [1.165, 1.54) is 3.37 Å². The maximum absolute atomic E-state index is 3.85. The SMILES string of the molecule is C=C1[Se]C=C[Se]1. The molecule has 0 atom stereocenters. The van der Waals surface area contributed by atoms with Crippen LogP contribution in [0.4, 0.5) is 0 Å². The molecule has 0 nitrogen and oxygen atoms in total. The zero-order valence-electron chi connectivity index (χ0n) is 3.18. The number of hydrogen-bond donors (Lipinski definition) is 0. The molecular weight excluding hydrogens is 206 g/mol. The molecule has 0 N–H and O–H groups in total. The van der Waals surface area contributed by atoms with E-state index in [9.17, 15) is 0 Å². The second-order valence-corrected chi connectivity index (χ2v) is 6.39. The Morgan fingerprint density at radius 2 is 1.83 bits per heavy atom. The minimum absolute atomic E-state index is 0.681. The van der Waals surface area contributed by atoms with Gasteiger partial charge in [0.15, 0.2) is 0 Å². The van der Waals surface area contributed by atoms with Gasteiger partial charge >= 0.3 is 49.8 Å². The van der Waals surface area contributed by atoms with Crippen molar-refractivity contribution in [2.75, 3.05) is 0 Å². The van der Waals surface area contributed by atoms with Gasteiger partial charge in [-0.3, -0.25) is 0 Å².